The van der Waals surface area contributed by atoms with Gasteiger partial charge in [-0.25, -0.2) is 4.79 Å². The van der Waals surface area contributed by atoms with Gasteiger partial charge < -0.3 is 23.8 Å². The van der Waals surface area contributed by atoms with Gasteiger partial charge in [0.15, 0.2) is 5.54 Å². The third-order valence-corrected chi connectivity index (χ3v) is 5.29. The second-order valence-electron chi connectivity index (χ2n) is 8.66. The first-order valence-electron chi connectivity index (χ1n) is 10.3. The molecule has 2 amide bonds. The Morgan fingerprint density at radius 3 is 2.29 bits per heavy atom. The summed E-state index contributed by atoms with van der Waals surface area (Å²) in [6, 6.07) is 8.70. The lowest BCUT2D eigenvalue weighted by atomic mass is 9.89. The van der Waals surface area contributed by atoms with Crippen molar-refractivity contribution in [3.63, 3.8) is 0 Å². The van der Waals surface area contributed by atoms with E-state index in [1.807, 2.05) is 30.3 Å². The molecule has 2 aliphatic rings. The number of benzene rings is 1. The summed E-state index contributed by atoms with van der Waals surface area (Å²) in [5.74, 6) is -0.989. The number of methoxy groups -OCH3 is 1. The third kappa shape index (κ3) is 4.99. The molecule has 0 radical (unpaired) electrons. The molecule has 2 saturated heterocycles. The summed E-state index contributed by atoms with van der Waals surface area (Å²) in [5.41, 5.74) is -1.39. The minimum Gasteiger partial charge on any atom is -0.468 e. The summed E-state index contributed by atoms with van der Waals surface area (Å²) in [6.07, 6.45) is -0.631. The lowest BCUT2D eigenvalue weighted by molar-refractivity contribution is -0.168. The lowest BCUT2D eigenvalue weighted by Gasteiger charge is -2.51. The van der Waals surface area contributed by atoms with Crippen LogP contribution in [0.4, 0.5) is 4.79 Å². The highest BCUT2D eigenvalue weighted by Gasteiger charge is 2.57. The Labute approximate surface area is 182 Å². The molecule has 2 heterocycles. The molecule has 1 aromatic carbocycles. The van der Waals surface area contributed by atoms with E-state index in [1.54, 1.807) is 20.8 Å². The van der Waals surface area contributed by atoms with E-state index in [-0.39, 0.29) is 26.3 Å². The van der Waals surface area contributed by atoms with Crippen LogP contribution in [-0.2, 0) is 28.5 Å². The number of carbonyl (C=O) groups excluding carboxylic acids is 3. The van der Waals surface area contributed by atoms with Crippen molar-refractivity contribution in [2.75, 3.05) is 46.6 Å². The van der Waals surface area contributed by atoms with Crippen molar-refractivity contribution in [1.82, 2.24) is 9.80 Å². The fraction of sp³-hybridized carbons (Fsp3) is 0.591. The molecule has 0 saturated carbocycles. The second kappa shape index (κ2) is 9.23. The van der Waals surface area contributed by atoms with E-state index < -0.39 is 35.2 Å². The van der Waals surface area contributed by atoms with Gasteiger partial charge in [0.05, 0.1) is 39.6 Å². The van der Waals surface area contributed by atoms with Crippen molar-refractivity contribution in [2.45, 2.75) is 38.0 Å². The largest absolute Gasteiger partial charge is 0.468 e. The maximum atomic E-state index is 13.9. The van der Waals surface area contributed by atoms with E-state index >= 15 is 0 Å². The number of carbonyl (C=O) groups is 3. The van der Waals surface area contributed by atoms with Crippen LogP contribution in [0, 0.1) is 0 Å². The van der Waals surface area contributed by atoms with Crippen molar-refractivity contribution in [1.29, 1.82) is 0 Å². The Balaban J connectivity index is 2.06. The predicted molar refractivity (Wildman–Crippen MR) is 110 cm³/mol. The first kappa shape index (κ1) is 23.0. The molecule has 31 heavy (non-hydrogen) atoms. The minimum atomic E-state index is -1.43. The van der Waals surface area contributed by atoms with Crippen molar-refractivity contribution < 1.29 is 33.3 Å². The average molecular weight is 434 g/mol. The molecule has 2 aliphatic heterocycles. The summed E-state index contributed by atoms with van der Waals surface area (Å²) < 4.78 is 21.8. The van der Waals surface area contributed by atoms with Crippen LogP contribution < -0.4 is 0 Å². The zero-order valence-electron chi connectivity index (χ0n) is 18.5. The molecule has 1 unspecified atom stereocenters. The van der Waals surface area contributed by atoms with Crippen molar-refractivity contribution >= 4 is 18.0 Å². The van der Waals surface area contributed by atoms with Gasteiger partial charge in [-0.1, -0.05) is 30.3 Å². The Bertz CT molecular complexity index is 798. The Hall–Kier alpha value is -2.65. The highest BCUT2D eigenvalue weighted by molar-refractivity contribution is 5.94. The maximum Gasteiger partial charge on any atom is 0.411 e. The summed E-state index contributed by atoms with van der Waals surface area (Å²) in [5, 5.41) is 0. The molecule has 3 rings (SSSR count). The number of nitrogens with zero attached hydrogens (tertiary/aromatic N) is 2. The molecular weight excluding hydrogens is 404 g/mol. The first-order chi connectivity index (χ1) is 14.7. The molecule has 0 aliphatic carbocycles. The number of hydrogen-bond donors (Lipinski definition) is 0. The van der Waals surface area contributed by atoms with Gasteiger partial charge >= 0.3 is 12.1 Å². The molecule has 2 fully saturated rings. The molecular formula is C22H30N2O7. The topological polar surface area (TPSA) is 94.6 Å². The molecule has 9 nitrogen and oxygen atoms in total. The first-order valence-corrected chi connectivity index (χ1v) is 10.3. The van der Waals surface area contributed by atoms with E-state index in [2.05, 4.69) is 0 Å². The van der Waals surface area contributed by atoms with Crippen LogP contribution in [0.25, 0.3) is 0 Å². The molecule has 0 N–H and O–H groups in total. The van der Waals surface area contributed by atoms with E-state index in [0.717, 1.165) is 5.56 Å². The SMILES string of the molecule is COC(=O)CN1C(=O)C2(COCCOC2)N(C(=O)OC(C)(C)C)CC1c1ccccc1. The van der Waals surface area contributed by atoms with Crippen LogP contribution in [0.5, 0.6) is 0 Å². The molecule has 9 heteroatoms. The number of piperazine rings is 1. The Morgan fingerprint density at radius 2 is 1.74 bits per heavy atom. The third-order valence-electron chi connectivity index (χ3n) is 5.29. The van der Waals surface area contributed by atoms with Gasteiger partial charge in [-0.15, -0.1) is 0 Å². The van der Waals surface area contributed by atoms with Crippen molar-refractivity contribution in [3.8, 4) is 0 Å². The lowest BCUT2D eigenvalue weighted by Crippen LogP contribution is -2.72. The van der Waals surface area contributed by atoms with Crippen LogP contribution in [0.1, 0.15) is 32.4 Å². The summed E-state index contributed by atoms with van der Waals surface area (Å²) >= 11 is 0. The second-order valence-corrected chi connectivity index (χ2v) is 8.66. The van der Waals surface area contributed by atoms with Crippen LogP contribution in [0.3, 0.4) is 0 Å². The Kier molecular flexibility index (Phi) is 6.86. The number of rotatable bonds is 3. The molecule has 170 valence electrons. The summed E-state index contributed by atoms with van der Waals surface area (Å²) in [6.45, 7) is 5.67. The van der Waals surface area contributed by atoms with Gasteiger partial charge in [0.2, 0.25) is 0 Å². The zero-order chi connectivity index (χ0) is 22.6. The molecule has 0 aromatic heterocycles. The smallest absolute Gasteiger partial charge is 0.411 e. The fourth-order valence-corrected chi connectivity index (χ4v) is 3.80. The van der Waals surface area contributed by atoms with Gasteiger partial charge in [-0.05, 0) is 26.3 Å². The van der Waals surface area contributed by atoms with E-state index in [9.17, 15) is 14.4 Å². The highest BCUT2D eigenvalue weighted by Crippen LogP contribution is 2.36. The van der Waals surface area contributed by atoms with Gasteiger partial charge in [0.1, 0.15) is 12.1 Å². The Morgan fingerprint density at radius 1 is 1.13 bits per heavy atom. The average Bonchev–Trinajstić information content (AvgIpc) is 2.97. The zero-order valence-corrected chi connectivity index (χ0v) is 18.5. The highest BCUT2D eigenvalue weighted by atomic mass is 16.6. The number of esters is 1. The normalized spacial score (nSPS) is 21.5. The van der Waals surface area contributed by atoms with Gasteiger partial charge in [0.25, 0.3) is 5.91 Å². The standard InChI is InChI=1S/C22H30N2O7/c1-21(2,3)31-20(27)24-12-17(16-8-6-5-7-9-16)23(13-18(25)28-4)19(26)22(24)14-29-10-11-30-15-22/h5-9,17H,10-15H2,1-4H3. The van der Waals surface area contributed by atoms with Crippen molar-refractivity contribution in [2.24, 2.45) is 0 Å². The fourth-order valence-electron chi connectivity index (χ4n) is 3.80. The van der Waals surface area contributed by atoms with Gasteiger partial charge in [0, 0.05) is 6.54 Å². The summed E-state index contributed by atoms with van der Waals surface area (Å²) in [4.78, 5) is 42.1. The molecule has 1 atom stereocenters. The number of amides is 2. The van der Waals surface area contributed by atoms with Crippen molar-refractivity contribution in [3.05, 3.63) is 35.9 Å². The molecule has 1 spiro atoms. The number of ether oxygens (including phenoxy) is 4. The monoisotopic (exact) mass is 434 g/mol. The minimum absolute atomic E-state index is 0.0513. The van der Waals surface area contributed by atoms with Gasteiger partial charge in [-0.2, -0.15) is 0 Å². The molecule has 0 bridgehead atoms. The molecule has 1 aromatic rings. The van der Waals surface area contributed by atoms with E-state index in [1.165, 1.54) is 16.9 Å². The predicted octanol–water partition coefficient (Wildman–Crippen LogP) is 1.77. The van der Waals surface area contributed by atoms with Gasteiger partial charge in [-0.3, -0.25) is 14.5 Å². The summed E-state index contributed by atoms with van der Waals surface area (Å²) in [7, 11) is 1.27. The van der Waals surface area contributed by atoms with Crippen LogP contribution in [0.15, 0.2) is 30.3 Å². The maximum absolute atomic E-state index is 13.9. The van der Waals surface area contributed by atoms with Crippen LogP contribution >= 0.6 is 0 Å². The number of hydrogen-bond acceptors (Lipinski definition) is 7. The van der Waals surface area contributed by atoms with Crippen LogP contribution in [0.2, 0.25) is 0 Å². The quantitative estimate of drug-likeness (QED) is 0.669. The van der Waals surface area contributed by atoms with E-state index in [0.29, 0.717) is 13.2 Å². The van der Waals surface area contributed by atoms with Crippen LogP contribution in [-0.4, -0.2) is 85.5 Å². The van der Waals surface area contributed by atoms with E-state index in [4.69, 9.17) is 18.9 Å².